The molecule has 5 heteroatoms. The van der Waals surface area contributed by atoms with E-state index >= 15 is 0 Å². The number of nitrogens with two attached hydrogens (primary N) is 1. The Balaban J connectivity index is 1.98. The average Bonchev–Trinajstić information content (AvgIpc) is 2.90. The van der Waals surface area contributed by atoms with Crippen LogP contribution in [0, 0.1) is 0 Å². The van der Waals surface area contributed by atoms with Crippen LogP contribution in [-0.2, 0) is 11.3 Å². The van der Waals surface area contributed by atoms with E-state index in [1.54, 1.807) is 12.5 Å². The van der Waals surface area contributed by atoms with E-state index in [0.717, 1.165) is 11.3 Å². The summed E-state index contributed by atoms with van der Waals surface area (Å²) in [7, 11) is 0. The van der Waals surface area contributed by atoms with Gasteiger partial charge in [-0.25, -0.2) is 4.98 Å². The largest absolute Gasteiger partial charge is 0.352 e. The summed E-state index contributed by atoms with van der Waals surface area (Å²) in [4.78, 5) is 15.5. The van der Waals surface area contributed by atoms with Crippen molar-refractivity contribution in [1.82, 2.24) is 14.9 Å². The highest BCUT2D eigenvalue weighted by Gasteiger charge is 2.05. The highest BCUT2D eigenvalue weighted by Crippen LogP contribution is 2.10. The van der Waals surface area contributed by atoms with Crippen molar-refractivity contribution < 1.29 is 4.79 Å². The van der Waals surface area contributed by atoms with Gasteiger partial charge < -0.3 is 15.6 Å². The van der Waals surface area contributed by atoms with E-state index in [0.29, 0.717) is 13.0 Å². The van der Waals surface area contributed by atoms with Gasteiger partial charge in [-0.3, -0.25) is 4.79 Å². The predicted molar refractivity (Wildman–Crippen MR) is 73.7 cm³/mol. The van der Waals surface area contributed by atoms with E-state index in [4.69, 9.17) is 5.73 Å². The van der Waals surface area contributed by atoms with Gasteiger partial charge in [0.15, 0.2) is 0 Å². The fourth-order valence-corrected chi connectivity index (χ4v) is 1.80. The third-order valence-electron chi connectivity index (χ3n) is 2.71. The fraction of sp³-hybridized carbons (Fsp3) is 0.286. The highest BCUT2D eigenvalue weighted by molar-refractivity contribution is 5.76. The molecule has 19 heavy (non-hydrogen) atoms. The van der Waals surface area contributed by atoms with E-state index in [2.05, 4.69) is 10.3 Å². The van der Waals surface area contributed by atoms with Gasteiger partial charge in [0.2, 0.25) is 5.91 Å². The number of carbonyl (C=O) groups excluding carboxylic acids is 1. The lowest BCUT2D eigenvalue weighted by molar-refractivity contribution is -0.121. The van der Waals surface area contributed by atoms with Gasteiger partial charge in [0.25, 0.3) is 0 Å². The van der Waals surface area contributed by atoms with Crippen LogP contribution in [0.5, 0.6) is 0 Å². The maximum atomic E-state index is 11.5. The number of benzene rings is 1. The molecular weight excluding hydrogens is 240 g/mol. The van der Waals surface area contributed by atoms with Crippen molar-refractivity contribution >= 4 is 5.91 Å². The van der Waals surface area contributed by atoms with Crippen LogP contribution in [0.3, 0.4) is 0 Å². The van der Waals surface area contributed by atoms with Crippen LogP contribution < -0.4 is 11.1 Å². The van der Waals surface area contributed by atoms with Crippen LogP contribution >= 0.6 is 0 Å². The lowest BCUT2D eigenvalue weighted by Gasteiger charge is -2.09. The SMILES string of the molecule is CC(N)CC(=O)NCc1cccc(-n2ccnc2)c1. The topological polar surface area (TPSA) is 72.9 Å². The van der Waals surface area contributed by atoms with Gasteiger partial charge in [-0.1, -0.05) is 12.1 Å². The lowest BCUT2D eigenvalue weighted by Crippen LogP contribution is -2.29. The van der Waals surface area contributed by atoms with Crippen LogP contribution in [0.1, 0.15) is 18.9 Å². The van der Waals surface area contributed by atoms with Crippen LogP contribution in [0.2, 0.25) is 0 Å². The molecule has 1 atom stereocenters. The van der Waals surface area contributed by atoms with Gasteiger partial charge in [-0.2, -0.15) is 0 Å². The summed E-state index contributed by atoms with van der Waals surface area (Å²) in [6.45, 7) is 2.33. The van der Waals surface area contributed by atoms with Crippen molar-refractivity contribution in [2.45, 2.75) is 25.9 Å². The zero-order chi connectivity index (χ0) is 13.7. The molecule has 2 rings (SSSR count). The minimum Gasteiger partial charge on any atom is -0.352 e. The molecule has 0 saturated carbocycles. The third kappa shape index (κ3) is 3.93. The fourth-order valence-electron chi connectivity index (χ4n) is 1.80. The first-order valence-electron chi connectivity index (χ1n) is 6.24. The van der Waals surface area contributed by atoms with Crippen LogP contribution in [0.25, 0.3) is 5.69 Å². The number of hydrogen-bond acceptors (Lipinski definition) is 3. The number of imidazole rings is 1. The lowest BCUT2D eigenvalue weighted by atomic mass is 10.2. The van der Waals surface area contributed by atoms with E-state index < -0.39 is 0 Å². The summed E-state index contributed by atoms with van der Waals surface area (Å²) in [6, 6.07) is 7.84. The summed E-state index contributed by atoms with van der Waals surface area (Å²) in [6.07, 6.45) is 5.71. The monoisotopic (exact) mass is 258 g/mol. The van der Waals surface area contributed by atoms with Gasteiger partial charge in [0.1, 0.15) is 0 Å². The van der Waals surface area contributed by atoms with Crippen molar-refractivity contribution in [2.75, 3.05) is 0 Å². The molecule has 100 valence electrons. The zero-order valence-electron chi connectivity index (χ0n) is 10.9. The zero-order valence-corrected chi connectivity index (χ0v) is 10.9. The first-order chi connectivity index (χ1) is 9.15. The number of hydrogen-bond donors (Lipinski definition) is 2. The molecule has 2 aromatic rings. The Labute approximate surface area is 112 Å². The molecule has 3 N–H and O–H groups in total. The second-order valence-electron chi connectivity index (χ2n) is 4.60. The number of rotatable bonds is 5. The predicted octanol–water partition coefficient (Wildman–Crippen LogP) is 1.23. The Morgan fingerprint density at radius 1 is 1.53 bits per heavy atom. The summed E-state index contributed by atoms with van der Waals surface area (Å²) in [5.74, 6) is -0.0250. The summed E-state index contributed by atoms with van der Waals surface area (Å²) >= 11 is 0. The molecule has 0 fully saturated rings. The van der Waals surface area contributed by atoms with Gasteiger partial charge in [0, 0.05) is 37.1 Å². The molecule has 0 aliphatic heterocycles. The van der Waals surface area contributed by atoms with Crippen LogP contribution in [0.15, 0.2) is 43.0 Å². The Bertz CT molecular complexity index is 534. The van der Waals surface area contributed by atoms with Gasteiger partial charge >= 0.3 is 0 Å². The minimum absolute atomic E-state index is 0.0250. The maximum Gasteiger partial charge on any atom is 0.221 e. The van der Waals surface area contributed by atoms with Crippen molar-refractivity contribution in [2.24, 2.45) is 5.73 Å². The molecule has 0 saturated heterocycles. The molecule has 0 aliphatic rings. The number of carbonyl (C=O) groups is 1. The molecule has 5 nitrogen and oxygen atoms in total. The van der Waals surface area contributed by atoms with Crippen molar-refractivity contribution in [3.8, 4) is 5.69 Å². The Kier molecular flexibility index (Phi) is 4.30. The van der Waals surface area contributed by atoms with Crippen molar-refractivity contribution in [3.63, 3.8) is 0 Å². The minimum atomic E-state index is -0.114. The number of aromatic nitrogens is 2. The molecule has 1 aromatic heterocycles. The Hall–Kier alpha value is -2.14. The van der Waals surface area contributed by atoms with E-state index in [1.165, 1.54) is 0 Å². The molecule has 1 unspecified atom stereocenters. The first-order valence-corrected chi connectivity index (χ1v) is 6.24. The third-order valence-corrected chi connectivity index (χ3v) is 2.71. The van der Waals surface area contributed by atoms with Crippen LogP contribution in [-0.4, -0.2) is 21.5 Å². The summed E-state index contributed by atoms with van der Waals surface area (Å²) < 4.78 is 1.92. The normalized spacial score (nSPS) is 12.1. The Morgan fingerprint density at radius 3 is 3.05 bits per heavy atom. The maximum absolute atomic E-state index is 11.5. The quantitative estimate of drug-likeness (QED) is 0.847. The molecule has 1 heterocycles. The van der Waals surface area contributed by atoms with Gasteiger partial charge in [-0.15, -0.1) is 0 Å². The number of nitrogens with one attached hydrogen (secondary N) is 1. The highest BCUT2D eigenvalue weighted by atomic mass is 16.1. The molecule has 0 bridgehead atoms. The smallest absolute Gasteiger partial charge is 0.221 e. The number of amides is 1. The second kappa shape index (κ2) is 6.15. The van der Waals surface area contributed by atoms with Gasteiger partial charge in [-0.05, 0) is 24.6 Å². The van der Waals surface area contributed by atoms with E-state index in [-0.39, 0.29) is 11.9 Å². The molecule has 1 amide bonds. The first kappa shape index (κ1) is 13.3. The molecule has 1 aromatic carbocycles. The van der Waals surface area contributed by atoms with Crippen molar-refractivity contribution in [3.05, 3.63) is 48.5 Å². The summed E-state index contributed by atoms with van der Waals surface area (Å²) in [5.41, 5.74) is 7.65. The van der Waals surface area contributed by atoms with Crippen molar-refractivity contribution in [1.29, 1.82) is 0 Å². The standard InChI is InChI=1S/C14H18N4O/c1-11(15)7-14(19)17-9-12-3-2-4-13(8-12)18-6-5-16-10-18/h2-6,8,10-11H,7,9,15H2,1H3,(H,17,19). The average molecular weight is 258 g/mol. The molecule has 0 spiro atoms. The Morgan fingerprint density at radius 2 is 2.37 bits per heavy atom. The molecular formula is C14H18N4O. The van der Waals surface area contributed by atoms with E-state index in [1.807, 2.05) is 42.0 Å². The second-order valence-corrected chi connectivity index (χ2v) is 4.60. The van der Waals surface area contributed by atoms with Crippen LogP contribution in [0.4, 0.5) is 0 Å². The molecule has 0 radical (unpaired) electrons. The van der Waals surface area contributed by atoms with Gasteiger partial charge in [0.05, 0.1) is 6.33 Å². The van der Waals surface area contributed by atoms with E-state index in [9.17, 15) is 4.79 Å². The molecule has 0 aliphatic carbocycles. The summed E-state index contributed by atoms with van der Waals surface area (Å²) in [5, 5.41) is 2.86. The number of nitrogens with zero attached hydrogens (tertiary/aromatic N) is 2.